The highest BCUT2D eigenvalue weighted by Crippen LogP contribution is 2.38. The van der Waals surface area contributed by atoms with Crippen molar-refractivity contribution in [2.45, 2.75) is 18.7 Å². The molecule has 0 atom stereocenters. The number of methoxy groups -OCH3 is 1. The molecule has 0 aliphatic rings. The van der Waals surface area contributed by atoms with Crippen LogP contribution in [0.5, 0.6) is 5.75 Å². The van der Waals surface area contributed by atoms with Crippen LogP contribution in [-0.4, -0.2) is 22.6 Å². The van der Waals surface area contributed by atoms with Gasteiger partial charge in [0.2, 0.25) is 0 Å². The number of hydrogen-bond donors (Lipinski definition) is 0. The second kappa shape index (κ2) is 6.59. The number of hydrogen-bond acceptors (Lipinski definition) is 3. The quantitative estimate of drug-likeness (QED) is 0.795. The minimum atomic E-state index is -3.85. The van der Waals surface area contributed by atoms with E-state index in [2.05, 4.69) is 0 Å². The molecule has 0 radical (unpaired) electrons. The van der Waals surface area contributed by atoms with E-state index in [1.807, 2.05) is 26.0 Å². The van der Waals surface area contributed by atoms with E-state index in [0.29, 0.717) is 11.4 Å². The van der Waals surface area contributed by atoms with Crippen LogP contribution in [0.1, 0.15) is 11.1 Å². The maximum Gasteiger partial charge on any atom is 0.265 e. The highest BCUT2D eigenvalue weighted by Gasteiger charge is 2.27. The zero-order chi connectivity index (χ0) is 17.4. The second-order valence-electron chi connectivity index (χ2n) is 5.09. The van der Waals surface area contributed by atoms with Gasteiger partial charge in [-0.25, -0.2) is 8.42 Å². The van der Waals surface area contributed by atoms with Crippen molar-refractivity contribution < 1.29 is 13.2 Å². The van der Waals surface area contributed by atoms with Crippen molar-refractivity contribution in [1.29, 1.82) is 0 Å². The molecule has 0 saturated carbocycles. The predicted octanol–water partition coefficient (Wildman–Crippen LogP) is 4.44. The topological polar surface area (TPSA) is 46.6 Å². The van der Waals surface area contributed by atoms with E-state index < -0.39 is 10.0 Å². The lowest BCUT2D eigenvalue weighted by atomic mass is 10.1. The normalized spacial score (nSPS) is 11.4. The Bertz CT molecular complexity index is 851. The predicted molar refractivity (Wildman–Crippen MR) is 94.5 cm³/mol. The molecule has 23 heavy (non-hydrogen) atoms. The van der Waals surface area contributed by atoms with Crippen molar-refractivity contribution in [3.8, 4) is 5.75 Å². The molecule has 2 rings (SSSR count). The van der Waals surface area contributed by atoms with Crippen LogP contribution in [0.2, 0.25) is 10.0 Å². The van der Waals surface area contributed by atoms with E-state index in [9.17, 15) is 8.42 Å². The van der Waals surface area contributed by atoms with Crippen molar-refractivity contribution in [2.24, 2.45) is 0 Å². The fourth-order valence-corrected chi connectivity index (χ4v) is 4.29. The lowest BCUT2D eigenvalue weighted by Crippen LogP contribution is -2.27. The fraction of sp³-hybridized carbons (Fsp3) is 0.250. The molecule has 0 unspecified atom stereocenters. The Labute approximate surface area is 146 Å². The van der Waals surface area contributed by atoms with Gasteiger partial charge in [-0.15, -0.1) is 0 Å². The first-order valence-electron chi connectivity index (χ1n) is 6.79. The highest BCUT2D eigenvalue weighted by atomic mass is 35.5. The number of anilines is 1. The molecule has 0 spiro atoms. The summed E-state index contributed by atoms with van der Waals surface area (Å²) in [5.74, 6) is 0.324. The molecular formula is C16H17Cl2NO3S. The summed E-state index contributed by atoms with van der Waals surface area (Å²) < 4.78 is 32.1. The van der Waals surface area contributed by atoms with E-state index in [0.717, 1.165) is 11.1 Å². The molecule has 2 aromatic carbocycles. The van der Waals surface area contributed by atoms with Crippen molar-refractivity contribution in [3.63, 3.8) is 0 Å². The summed E-state index contributed by atoms with van der Waals surface area (Å²) in [5, 5.41) is 0.0211. The summed E-state index contributed by atoms with van der Waals surface area (Å²) in [5.41, 5.74) is 2.48. The number of aryl methyl sites for hydroxylation is 1. The minimum Gasteiger partial charge on any atom is -0.495 e. The smallest absolute Gasteiger partial charge is 0.265 e. The van der Waals surface area contributed by atoms with Gasteiger partial charge in [-0.1, -0.05) is 35.3 Å². The molecule has 124 valence electrons. The molecule has 7 heteroatoms. The standard InChI is InChI=1S/C16H17Cl2NO3S/c1-10-6-5-7-12(11(10)2)19(3)23(20,21)14-9-8-13(22-4)15(17)16(14)18/h5-9H,1-4H3. The monoisotopic (exact) mass is 373 g/mol. The molecule has 0 aliphatic carbocycles. The van der Waals surface area contributed by atoms with E-state index in [4.69, 9.17) is 27.9 Å². The van der Waals surface area contributed by atoms with Crippen LogP contribution < -0.4 is 9.04 Å². The van der Waals surface area contributed by atoms with Crippen LogP contribution in [-0.2, 0) is 10.0 Å². The van der Waals surface area contributed by atoms with Crippen molar-refractivity contribution >= 4 is 38.9 Å². The summed E-state index contributed by atoms with van der Waals surface area (Å²) in [6.45, 7) is 3.80. The van der Waals surface area contributed by atoms with Gasteiger partial charge in [0.1, 0.15) is 15.7 Å². The number of ether oxygens (including phenoxy) is 1. The third-order valence-corrected chi connectivity index (χ3v) is 6.58. The van der Waals surface area contributed by atoms with Gasteiger partial charge in [0.25, 0.3) is 10.0 Å². The van der Waals surface area contributed by atoms with Gasteiger partial charge in [0.15, 0.2) is 0 Å². The van der Waals surface area contributed by atoms with Gasteiger partial charge in [-0.2, -0.15) is 0 Å². The minimum absolute atomic E-state index is 0.0526. The maximum absolute atomic E-state index is 12.9. The number of rotatable bonds is 4. The average Bonchev–Trinajstić information content (AvgIpc) is 2.51. The van der Waals surface area contributed by atoms with Crippen LogP contribution in [0.4, 0.5) is 5.69 Å². The molecule has 0 fully saturated rings. The molecule has 4 nitrogen and oxygen atoms in total. The lowest BCUT2D eigenvalue weighted by molar-refractivity contribution is 0.414. The Morgan fingerprint density at radius 3 is 2.30 bits per heavy atom. The number of nitrogens with zero attached hydrogens (tertiary/aromatic N) is 1. The van der Waals surface area contributed by atoms with E-state index in [-0.39, 0.29) is 14.9 Å². The number of benzene rings is 2. The van der Waals surface area contributed by atoms with Crippen LogP contribution >= 0.6 is 23.2 Å². The Balaban J connectivity index is 2.59. The number of halogens is 2. The second-order valence-corrected chi connectivity index (χ2v) is 7.78. The zero-order valence-corrected chi connectivity index (χ0v) is 15.6. The summed E-state index contributed by atoms with van der Waals surface area (Å²) in [4.78, 5) is -0.0617. The van der Waals surface area contributed by atoms with Gasteiger partial charge in [0.05, 0.1) is 17.8 Å². The summed E-state index contributed by atoms with van der Waals surface area (Å²) in [7, 11) is -0.918. The third kappa shape index (κ3) is 3.13. The van der Waals surface area contributed by atoms with E-state index >= 15 is 0 Å². The van der Waals surface area contributed by atoms with Crippen molar-refractivity contribution in [3.05, 3.63) is 51.5 Å². The molecule has 0 aliphatic heterocycles. The van der Waals surface area contributed by atoms with Crippen LogP contribution in [0.3, 0.4) is 0 Å². The highest BCUT2D eigenvalue weighted by molar-refractivity contribution is 7.93. The van der Waals surface area contributed by atoms with Crippen LogP contribution in [0.15, 0.2) is 35.2 Å². The van der Waals surface area contributed by atoms with Crippen molar-refractivity contribution in [1.82, 2.24) is 0 Å². The van der Waals surface area contributed by atoms with Gasteiger partial charge in [0, 0.05) is 7.05 Å². The SMILES string of the molecule is COc1ccc(S(=O)(=O)N(C)c2cccc(C)c2C)c(Cl)c1Cl. The molecule has 0 amide bonds. The molecule has 0 heterocycles. The molecule has 2 aromatic rings. The third-order valence-electron chi connectivity index (χ3n) is 3.79. The van der Waals surface area contributed by atoms with E-state index in [1.54, 1.807) is 6.07 Å². The summed E-state index contributed by atoms with van der Waals surface area (Å²) in [6, 6.07) is 8.36. The summed E-state index contributed by atoms with van der Waals surface area (Å²) >= 11 is 12.2. The zero-order valence-electron chi connectivity index (χ0n) is 13.2. The molecular weight excluding hydrogens is 357 g/mol. The molecule has 0 bridgehead atoms. The van der Waals surface area contributed by atoms with Gasteiger partial charge in [-0.3, -0.25) is 4.31 Å². The molecule has 0 N–H and O–H groups in total. The Hall–Kier alpha value is -1.43. The fourth-order valence-electron chi connectivity index (χ4n) is 2.22. The first-order valence-corrected chi connectivity index (χ1v) is 8.98. The van der Waals surface area contributed by atoms with Gasteiger partial charge >= 0.3 is 0 Å². The largest absolute Gasteiger partial charge is 0.495 e. The molecule has 0 aromatic heterocycles. The Kier molecular flexibility index (Phi) is 5.14. The van der Waals surface area contributed by atoms with Gasteiger partial charge < -0.3 is 4.74 Å². The van der Waals surface area contributed by atoms with E-state index in [1.165, 1.54) is 30.6 Å². The average molecular weight is 374 g/mol. The Morgan fingerprint density at radius 2 is 1.70 bits per heavy atom. The lowest BCUT2D eigenvalue weighted by Gasteiger charge is -2.23. The van der Waals surface area contributed by atoms with Crippen molar-refractivity contribution in [2.75, 3.05) is 18.5 Å². The number of sulfonamides is 1. The van der Waals surface area contributed by atoms with Gasteiger partial charge in [-0.05, 0) is 43.2 Å². The van der Waals surface area contributed by atoms with Crippen LogP contribution in [0, 0.1) is 13.8 Å². The first kappa shape index (κ1) is 17.9. The first-order chi connectivity index (χ1) is 10.7. The Morgan fingerprint density at radius 1 is 1.04 bits per heavy atom. The maximum atomic E-state index is 12.9. The van der Waals surface area contributed by atoms with Crippen LogP contribution in [0.25, 0.3) is 0 Å². The summed E-state index contributed by atoms with van der Waals surface area (Å²) in [6.07, 6.45) is 0. The molecule has 0 saturated heterocycles.